The van der Waals surface area contributed by atoms with E-state index >= 15 is 0 Å². The Kier molecular flexibility index (Phi) is 8.67. The summed E-state index contributed by atoms with van der Waals surface area (Å²) in [6, 6.07) is 0. The largest absolute Gasteiger partial charge is 0.383 e. The van der Waals surface area contributed by atoms with Crippen LogP contribution < -0.4 is 5.32 Å². The molecule has 0 radical (unpaired) electrons. The van der Waals surface area contributed by atoms with Gasteiger partial charge in [-0.3, -0.25) is 0 Å². The van der Waals surface area contributed by atoms with Crippen LogP contribution in [-0.4, -0.2) is 39.5 Å². The molecule has 2 atom stereocenters. The molecule has 0 aromatic carbocycles. The SMILES string of the molecule is COCCNCCCCOC1CCCC(C)C1. The summed E-state index contributed by atoms with van der Waals surface area (Å²) < 4.78 is 10.9. The van der Waals surface area contributed by atoms with Crippen LogP contribution in [0.4, 0.5) is 0 Å². The summed E-state index contributed by atoms with van der Waals surface area (Å²) in [4.78, 5) is 0. The zero-order valence-corrected chi connectivity index (χ0v) is 11.5. The normalized spacial score (nSPS) is 25.1. The van der Waals surface area contributed by atoms with Crippen molar-refractivity contribution in [3.05, 3.63) is 0 Å². The Balaban J connectivity index is 1.83. The van der Waals surface area contributed by atoms with E-state index < -0.39 is 0 Å². The number of unbranched alkanes of at least 4 members (excludes halogenated alkanes) is 1. The molecule has 102 valence electrons. The first kappa shape index (κ1) is 14.9. The lowest BCUT2D eigenvalue weighted by Crippen LogP contribution is -2.23. The fourth-order valence-corrected chi connectivity index (χ4v) is 2.43. The highest BCUT2D eigenvalue weighted by molar-refractivity contribution is 4.70. The van der Waals surface area contributed by atoms with Gasteiger partial charge in [-0.25, -0.2) is 0 Å². The van der Waals surface area contributed by atoms with Crippen molar-refractivity contribution in [1.29, 1.82) is 0 Å². The number of hydrogen-bond donors (Lipinski definition) is 1. The van der Waals surface area contributed by atoms with Gasteiger partial charge < -0.3 is 14.8 Å². The number of hydrogen-bond acceptors (Lipinski definition) is 3. The molecule has 1 aliphatic rings. The average molecular weight is 243 g/mol. The van der Waals surface area contributed by atoms with E-state index in [4.69, 9.17) is 9.47 Å². The van der Waals surface area contributed by atoms with E-state index in [2.05, 4.69) is 12.2 Å². The van der Waals surface area contributed by atoms with E-state index in [0.717, 1.165) is 32.2 Å². The summed E-state index contributed by atoms with van der Waals surface area (Å²) >= 11 is 0. The summed E-state index contributed by atoms with van der Waals surface area (Å²) in [7, 11) is 1.74. The van der Waals surface area contributed by atoms with Gasteiger partial charge in [-0.2, -0.15) is 0 Å². The lowest BCUT2D eigenvalue weighted by Gasteiger charge is -2.26. The predicted octanol–water partition coefficient (Wildman–Crippen LogP) is 2.60. The van der Waals surface area contributed by atoms with E-state index in [0.29, 0.717) is 6.10 Å². The van der Waals surface area contributed by atoms with Crippen LogP contribution in [0.3, 0.4) is 0 Å². The first-order chi connectivity index (χ1) is 8.33. The van der Waals surface area contributed by atoms with Gasteiger partial charge in [-0.15, -0.1) is 0 Å². The molecule has 0 amide bonds. The molecular formula is C14H29NO2. The van der Waals surface area contributed by atoms with Crippen LogP contribution in [0.2, 0.25) is 0 Å². The Morgan fingerprint density at radius 3 is 2.76 bits per heavy atom. The van der Waals surface area contributed by atoms with Crippen LogP contribution in [0.1, 0.15) is 45.4 Å². The zero-order valence-electron chi connectivity index (χ0n) is 11.5. The molecule has 1 saturated carbocycles. The quantitative estimate of drug-likeness (QED) is 0.631. The molecule has 17 heavy (non-hydrogen) atoms. The fourth-order valence-electron chi connectivity index (χ4n) is 2.43. The zero-order chi connectivity index (χ0) is 12.3. The first-order valence-electron chi connectivity index (χ1n) is 7.14. The minimum Gasteiger partial charge on any atom is -0.383 e. The third-order valence-corrected chi connectivity index (χ3v) is 3.47. The highest BCUT2D eigenvalue weighted by Crippen LogP contribution is 2.25. The van der Waals surface area contributed by atoms with Crippen molar-refractivity contribution in [1.82, 2.24) is 5.32 Å². The minimum atomic E-state index is 0.542. The maximum atomic E-state index is 5.93. The third kappa shape index (κ3) is 7.74. The molecule has 0 saturated heterocycles. The Labute approximate surface area is 106 Å². The van der Waals surface area contributed by atoms with Crippen LogP contribution in [0.25, 0.3) is 0 Å². The molecule has 1 rings (SSSR count). The molecule has 0 spiro atoms. The van der Waals surface area contributed by atoms with E-state index in [1.54, 1.807) is 7.11 Å². The van der Waals surface area contributed by atoms with Gasteiger partial charge in [0.05, 0.1) is 12.7 Å². The Bertz CT molecular complexity index is 176. The molecule has 1 N–H and O–H groups in total. The van der Waals surface area contributed by atoms with Gasteiger partial charge in [-0.05, 0) is 38.1 Å². The average Bonchev–Trinajstić information content (AvgIpc) is 2.33. The molecule has 0 aromatic rings. The molecule has 3 heteroatoms. The van der Waals surface area contributed by atoms with Gasteiger partial charge in [-0.1, -0.05) is 19.8 Å². The lowest BCUT2D eigenvalue weighted by atomic mass is 9.89. The standard InChI is InChI=1S/C14H29NO2/c1-13-6-5-7-14(12-13)17-10-4-3-8-15-9-11-16-2/h13-15H,3-12H2,1-2H3. The van der Waals surface area contributed by atoms with Crippen molar-refractivity contribution in [2.75, 3.05) is 33.4 Å². The molecule has 0 aliphatic heterocycles. The highest BCUT2D eigenvalue weighted by Gasteiger charge is 2.18. The van der Waals surface area contributed by atoms with E-state index in [9.17, 15) is 0 Å². The van der Waals surface area contributed by atoms with Crippen molar-refractivity contribution < 1.29 is 9.47 Å². The molecule has 3 nitrogen and oxygen atoms in total. The van der Waals surface area contributed by atoms with Crippen LogP contribution >= 0.6 is 0 Å². The molecule has 0 heterocycles. The predicted molar refractivity (Wildman–Crippen MR) is 71.4 cm³/mol. The van der Waals surface area contributed by atoms with Crippen LogP contribution in [0.15, 0.2) is 0 Å². The van der Waals surface area contributed by atoms with E-state index in [1.807, 2.05) is 0 Å². The maximum Gasteiger partial charge on any atom is 0.0587 e. The van der Waals surface area contributed by atoms with Crippen molar-refractivity contribution in [2.24, 2.45) is 5.92 Å². The van der Waals surface area contributed by atoms with E-state index in [-0.39, 0.29) is 0 Å². The minimum absolute atomic E-state index is 0.542. The summed E-state index contributed by atoms with van der Waals surface area (Å²) in [5.74, 6) is 0.865. The summed E-state index contributed by atoms with van der Waals surface area (Å²) in [5, 5.41) is 3.35. The van der Waals surface area contributed by atoms with Crippen molar-refractivity contribution >= 4 is 0 Å². The monoisotopic (exact) mass is 243 g/mol. The molecule has 0 aromatic heterocycles. The molecular weight excluding hydrogens is 214 g/mol. The van der Waals surface area contributed by atoms with Gasteiger partial charge in [0, 0.05) is 20.3 Å². The van der Waals surface area contributed by atoms with Gasteiger partial charge in [0.15, 0.2) is 0 Å². The van der Waals surface area contributed by atoms with Crippen LogP contribution in [0, 0.1) is 5.92 Å². The second kappa shape index (κ2) is 9.86. The van der Waals surface area contributed by atoms with Gasteiger partial charge in [0.1, 0.15) is 0 Å². The molecule has 0 bridgehead atoms. The van der Waals surface area contributed by atoms with Gasteiger partial charge in [0.25, 0.3) is 0 Å². The fraction of sp³-hybridized carbons (Fsp3) is 1.00. The smallest absolute Gasteiger partial charge is 0.0587 e. The number of rotatable bonds is 9. The third-order valence-electron chi connectivity index (χ3n) is 3.47. The topological polar surface area (TPSA) is 30.5 Å². The summed E-state index contributed by atoms with van der Waals surface area (Å²) in [6.07, 6.45) is 8.20. The van der Waals surface area contributed by atoms with Crippen molar-refractivity contribution in [3.8, 4) is 0 Å². The van der Waals surface area contributed by atoms with Gasteiger partial charge >= 0.3 is 0 Å². The van der Waals surface area contributed by atoms with Crippen molar-refractivity contribution in [3.63, 3.8) is 0 Å². The van der Waals surface area contributed by atoms with Crippen LogP contribution in [0.5, 0.6) is 0 Å². The maximum absolute atomic E-state index is 5.93. The molecule has 1 aliphatic carbocycles. The first-order valence-corrected chi connectivity index (χ1v) is 7.14. The Hall–Kier alpha value is -0.120. The Morgan fingerprint density at radius 1 is 1.12 bits per heavy atom. The Morgan fingerprint density at radius 2 is 2.00 bits per heavy atom. The van der Waals surface area contributed by atoms with Crippen molar-refractivity contribution in [2.45, 2.75) is 51.6 Å². The second-order valence-electron chi connectivity index (χ2n) is 5.21. The summed E-state index contributed by atoms with van der Waals surface area (Å²) in [6.45, 7) is 6.11. The van der Waals surface area contributed by atoms with E-state index in [1.165, 1.54) is 38.5 Å². The molecule has 2 unspecified atom stereocenters. The number of nitrogens with one attached hydrogen (secondary N) is 1. The number of ether oxygens (including phenoxy) is 2. The van der Waals surface area contributed by atoms with Crippen LogP contribution in [-0.2, 0) is 9.47 Å². The molecule has 1 fully saturated rings. The number of methoxy groups -OCH3 is 1. The van der Waals surface area contributed by atoms with Gasteiger partial charge in [0.2, 0.25) is 0 Å². The lowest BCUT2D eigenvalue weighted by molar-refractivity contribution is 0.0139. The second-order valence-corrected chi connectivity index (χ2v) is 5.21. The summed E-state index contributed by atoms with van der Waals surface area (Å²) in [5.41, 5.74) is 0. The highest BCUT2D eigenvalue weighted by atomic mass is 16.5.